The second-order valence-corrected chi connectivity index (χ2v) is 5.84. The minimum absolute atomic E-state index is 0.127. The van der Waals surface area contributed by atoms with Crippen LogP contribution in [0.3, 0.4) is 0 Å². The van der Waals surface area contributed by atoms with E-state index >= 15 is 0 Å². The highest BCUT2D eigenvalue weighted by atomic mass is 32.1. The monoisotopic (exact) mass is 294 g/mol. The highest BCUT2D eigenvalue weighted by molar-refractivity contribution is 7.15. The molecule has 20 heavy (non-hydrogen) atoms. The Kier molecular flexibility index (Phi) is 4.03. The van der Waals surface area contributed by atoms with Crippen molar-refractivity contribution in [3.63, 3.8) is 0 Å². The highest BCUT2D eigenvalue weighted by Crippen LogP contribution is 2.21. The van der Waals surface area contributed by atoms with Crippen LogP contribution in [0.25, 0.3) is 0 Å². The summed E-state index contributed by atoms with van der Waals surface area (Å²) in [6.07, 6.45) is 0. The average molecular weight is 294 g/mol. The smallest absolute Gasteiger partial charge is 0.321 e. The summed E-state index contributed by atoms with van der Waals surface area (Å²) in [6.45, 7) is 7.69. The third-order valence-electron chi connectivity index (χ3n) is 3.09. The number of rotatable bonds is 3. The van der Waals surface area contributed by atoms with Gasteiger partial charge in [0, 0.05) is 18.3 Å². The minimum atomic E-state index is -0.295. The fraction of sp³-hybridized carbons (Fsp3) is 0.500. The lowest BCUT2D eigenvalue weighted by atomic mass is 10.1. The molecule has 1 unspecified atom stereocenters. The van der Waals surface area contributed by atoms with Crippen molar-refractivity contribution in [2.75, 3.05) is 5.32 Å². The van der Waals surface area contributed by atoms with Crippen molar-refractivity contribution >= 4 is 22.5 Å². The van der Waals surface area contributed by atoms with E-state index in [0.717, 1.165) is 22.0 Å². The Morgan fingerprint density at radius 3 is 2.50 bits per heavy atom. The predicted octanol–water partition coefficient (Wildman–Crippen LogP) is 2.08. The number of aromatic nitrogens is 4. The van der Waals surface area contributed by atoms with Crippen molar-refractivity contribution in [1.82, 2.24) is 25.3 Å². The largest absolute Gasteiger partial charge is 0.331 e. The molecule has 0 radical (unpaired) electrons. The van der Waals surface area contributed by atoms with Crippen LogP contribution in [0.5, 0.6) is 0 Å². The van der Waals surface area contributed by atoms with Crippen LogP contribution >= 0.6 is 11.3 Å². The number of carbonyl (C=O) groups is 1. The van der Waals surface area contributed by atoms with Crippen LogP contribution in [-0.4, -0.2) is 26.0 Å². The molecule has 8 heteroatoms. The zero-order valence-electron chi connectivity index (χ0n) is 12.2. The number of hydrogen-bond donors (Lipinski definition) is 2. The van der Waals surface area contributed by atoms with E-state index in [-0.39, 0.29) is 12.1 Å². The van der Waals surface area contributed by atoms with Gasteiger partial charge in [0.05, 0.1) is 11.7 Å². The lowest BCUT2D eigenvalue weighted by Crippen LogP contribution is -2.31. The molecule has 2 aromatic heterocycles. The van der Waals surface area contributed by atoms with E-state index in [2.05, 4.69) is 25.9 Å². The molecule has 2 amide bonds. The first-order chi connectivity index (χ1) is 9.38. The number of hydrogen-bond acceptors (Lipinski definition) is 5. The summed E-state index contributed by atoms with van der Waals surface area (Å²) in [5.41, 5.74) is 3.00. The van der Waals surface area contributed by atoms with Gasteiger partial charge in [-0.25, -0.2) is 4.79 Å². The molecule has 0 aliphatic carbocycles. The molecule has 7 nitrogen and oxygen atoms in total. The first-order valence-corrected chi connectivity index (χ1v) is 7.08. The summed E-state index contributed by atoms with van der Waals surface area (Å²) in [5, 5.41) is 18.9. The molecule has 0 saturated carbocycles. The normalized spacial score (nSPS) is 12.2. The van der Waals surface area contributed by atoms with Crippen molar-refractivity contribution in [2.45, 2.75) is 33.7 Å². The van der Waals surface area contributed by atoms with Crippen molar-refractivity contribution < 1.29 is 4.79 Å². The van der Waals surface area contributed by atoms with Gasteiger partial charge in [-0.15, -0.1) is 10.2 Å². The maximum atomic E-state index is 11.9. The molecular weight excluding hydrogens is 276 g/mol. The molecule has 2 rings (SSSR count). The first kappa shape index (κ1) is 14.4. The summed E-state index contributed by atoms with van der Waals surface area (Å²) in [6, 6.07) is -0.422. The molecule has 0 saturated heterocycles. The summed E-state index contributed by atoms with van der Waals surface area (Å²) in [4.78, 5) is 11.9. The third kappa shape index (κ3) is 2.96. The molecule has 0 aliphatic heterocycles. The van der Waals surface area contributed by atoms with Gasteiger partial charge in [0.1, 0.15) is 5.01 Å². The molecule has 0 bridgehead atoms. The maximum absolute atomic E-state index is 11.9. The van der Waals surface area contributed by atoms with E-state index in [9.17, 15) is 4.79 Å². The van der Waals surface area contributed by atoms with Crippen LogP contribution in [-0.2, 0) is 7.05 Å². The van der Waals surface area contributed by atoms with E-state index in [0.29, 0.717) is 5.13 Å². The molecule has 2 aromatic rings. The SMILES string of the molecule is Cc1nnc(NC(=O)NC(C)c2c(C)nn(C)c2C)s1. The fourth-order valence-electron chi connectivity index (χ4n) is 2.17. The Morgan fingerprint density at radius 1 is 1.30 bits per heavy atom. The van der Waals surface area contributed by atoms with Gasteiger partial charge >= 0.3 is 6.03 Å². The number of nitrogens with one attached hydrogen (secondary N) is 2. The lowest BCUT2D eigenvalue weighted by Gasteiger charge is -2.14. The van der Waals surface area contributed by atoms with Crippen molar-refractivity contribution in [3.05, 3.63) is 22.0 Å². The first-order valence-electron chi connectivity index (χ1n) is 6.26. The Morgan fingerprint density at radius 2 is 2.00 bits per heavy atom. The van der Waals surface area contributed by atoms with Crippen LogP contribution in [0, 0.1) is 20.8 Å². The van der Waals surface area contributed by atoms with E-state index in [1.807, 2.05) is 39.4 Å². The van der Waals surface area contributed by atoms with Gasteiger partial charge < -0.3 is 5.32 Å². The molecule has 0 fully saturated rings. The van der Waals surface area contributed by atoms with Gasteiger partial charge in [-0.05, 0) is 27.7 Å². The van der Waals surface area contributed by atoms with Crippen LogP contribution < -0.4 is 10.6 Å². The second kappa shape index (κ2) is 5.58. The summed E-state index contributed by atoms with van der Waals surface area (Å²) in [7, 11) is 1.89. The van der Waals surface area contributed by atoms with Crippen molar-refractivity contribution in [1.29, 1.82) is 0 Å². The summed E-state index contributed by atoms with van der Waals surface area (Å²) in [5.74, 6) is 0. The van der Waals surface area contributed by atoms with E-state index in [1.165, 1.54) is 11.3 Å². The van der Waals surface area contributed by atoms with Crippen molar-refractivity contribution in [3.8, 4) is 0 Å². The number of aryl methyl sites for hydroxylation is 3. The number of anilines is 1. The number of amides is 2. The van der Waals surface area contributed by atoms with Crippen LogP contribution in [0.15, 0.2) is 0 Å². The molecule has 0 aliphatic rings. The van der Waals surface area contributed by atoms with E-state index in [1.54, 1.807) is 0 Å². The second-order valence-electron chi connectivity index (χ2n) is 4.65. The number of urea groups is 1. The van der Waals surface area contributed by atoms with Crippen LogP contribution in [0.1, 0.15) is 34.9 Å². The lowest BCUT2D eigenvalue weighted by molar-refractivity contribution is 0.249. The molecular formula is C12H18N6OS. The molecule has 0 spiro atoms. The molecule has 0 aromatic carbocycles. The van der Waals surface area contributed by atoms with Gasteiger partial charge in [0.25, 0.3) is 0 Å². The molecule has 2 heterocycles. The van der Waals surface area contributed by atoms with Crippen molar-refractivity contribution in [2.24, 2.45) is 7.05 Å². The average Bonchev–Trinajstić information content (AvgIpc) is 2.84. The standard InChI is InChI=1S/C12H18N6OS/c1-6(10-7(2)17-18(5)8(10)3)13-11(19)14-12-16-15-9(4)20-12/h6H,1-5H3,(H2,13,14,16,19). The minimum Gasteiger partial charge on any atom is -0.331 e. The zero-order valence-corrected chi connectivity index (χ0v) is 13.0. The molecule has 1 atom stereocenters. The van der Waals surface area contributed by atoms with Gasteiger partial charge in [-0.2, -0.15) is 5.10 Å². The summed E-state index contributed by atoms with van der Waals surface area (Å²) >= 11 is 1.34. The van der Waals surface area contributed by atoms with Gasteiger partial charge in [0.2, 0.25) is 5.13 Å². The Hall–Kier alpha value is -1.96. The van der Waals surface area contributed by atoms with Gasteiger partial charge in [-0.3, -0.25) is 10.00 Å². The van der Waals surface area contributed by atoms with Gasteiger partial charge in [0.15, 0.2) is 0 Å². The van der Waals surface area contributed by atoms with E-state index in [4.69, 9.17) is 0 Å². The zero-order chi connectivity index (χ0) is 14.9. The predicted molar refractivity (Wildman–Crippen MR) is 77.9 cm³/mol. The summed E-state index contributed by atoms with van der Waals surface area (Å²) < 4.78 is 1.81. The number of nitrogens with zero attached hydrogens (tertiary/aromatic N) is 4. The van der Waals surface area contributed by atoms with E-state index < -0.39 is 0 Å². The highest BCUT2D eigenvalue weighted by Gasteiger charge is 2.18. The molecule has 2 N–H and O–H groups in total. The van der Waals surface area contributed by atoms with Gasteiger partial charge in [-0.1, -0.05) is 11.3 Å². The quantitative estimate of drug-likeness (QED) is 0.907. The Labute approximate surface area is 121 Å². The Balaban J connectivity index is 2.04. The maximum Gasteiger partial charge on any atom is 0.321 e. The number of carbonyl (C=O) groups excluding carboxylic acids is 1. The third-order valence-corrected chi connectivity index (χ3v) is 3.85. The fourth-order valence-corrected chi connectivity index (χ4v) is 2.75. The molecule has 108 valence electrons. The topological polar surface area (TPSA) is 84.7 Å². The Bertz CT molecular complexity index is 632. The van der Waals surface area contributed by atoms with Crippen LogP contribution in [0.2, 0.25) is 0 Å². The van der Waals surface area contributed by atoms with Crippen LogP contribution in [0.4, 0.5) is 9.93 Å².